The van der Waals surface area contributed by atoms with Gasteiger partial charge in [0.05, 0.1) is 28.1 Å². The predicted molar refractivity (Wildman–Crippen MR) is 114 cm³/mol. The lowest BCUT2D eigenvalue weighted by Gasteiger charge is -2.10. The first-order valence-electron chi connectivity index (χ1n) is 9.00. The molecule has 0 aliphatic rings. The molecule has 0 unspecified atom stereocenters. The van der Waals surface area contributed by atoms with E-state index in [4.69, 9.17) is 0 Å². The second-order valence-corrected chi connectivity index (χ2v) is 9.22. The fourth-order valence-corrected chi connectivity index (χ4v) is 4.86. The van der Waals surface area contributed by atoms with Crippen LogP contribution in [0.1, 0.15) is 28.6 Å². The number of carbonyl (C=O) groups is 1. The lowest BCUT2D eigenvalue weighted by molar-refractivity contribution is 0.104. The normalized spacial score (nSPS) is 11.6. The lowest BCUT2D eigenvalue weighted by Crippen LogP contribution is -2.16. The van der Waals surface area contributed by atoms with Gasteiger partial charge in [0.25, 0.3) is 0 Å². The van der Waals surface area contributed by atoms with Crippen molar-refractivity contribution in [1.29, 1.82) is 0 Å². The molecule has 0 amide bonds. The van der Waals surface area contributed by atoms with Crippen LogP contribution in [0.4, 0.5) is 5.69 Å². The van der Waals surface area contributed by atoms with Gasteiger partial charge in [0, 0.05) is 17.4 Å². The number of hydrogen-bond acceptors (Lipinski definition) is 6. The quantitative estimate of drug-likeness (QED) is 0.453. The number of sulfonamides is 1. The highest BCUT2D eigenvalue weighted by Gasteiger charge is 2.18. The van der Waals surface area contributed by atoms with E-state index in [2.05, 4.69) is 14.8 Å². The molecule has 0 bridgehead atoms. The fraction of sp³-hybridized carbons (Fsp3) is 0.150. The van der Waals surface area contributed by atoms with Crippen LogP contribution in [0.25, 0.3) is 16.9 Å². The molecule has 0 atom stereocenters. The first-order valence-corrected chi connectivity index (χ1v) is 11.5. The van der Waals surface area contributed by atoms with Crippen LogP contribution < -0.4 is 4.72 Å². The summed E-state index contributed by atoms with van der Waals surface area (Å²) in [5.41, 5.74) is 2.82. The maximum atomic E-state index is 12.7. The molecule has 3 heterocycles. The van der Waals surface area contributed by atoms with E-state index in [1.807, 2.05) is 24.4 Å². The summed E-state index contributed by atoms with van der Waals surface area (Å²) in [6.07, 6.45) is 3.67. The third kappa shape index (κ3) is 3.92. The van der Waals surface area contributed by atoms with Gasteiger partial charge < -0.3 is 0 Å². The number of ketones is 1. The molecule has 1 aromatic carbocycles. The number of benzene rings is 1. The summed E-state index contributed by atoms with van der Waals surface area (Å²) >= 11 is 1.37. The Morgan fingerprint density at radius 1 is 1.21 bits per heavy atom. The standard InChI is InChI=1S/C20H18N4O3S2/c1-2-11-29(26,27)23-15-6-3-5-14(12-15)17-8-9-21-20-16(13-22-24(17)20)19(25)18-7-4-10-28-18/h3-10,12-13,23H,2,11H2,1H3. The summed E-state index contributed by atoms with van der Waals surface area (Å²) < 4.78 is 28.3. The van der Waals surface area contributed by atoms with Gasteiger partial charge >= 0.3 is 0 Å². The average Bonchev–Trinajstić information content (AvgIpc) is 3.37. The van der Waals surface area contributed by atoms with E-state index in [-0.39, 0.29) is 11.5 Å². The van der Waals surface area contributed by atoms with Gasteiger partial charge in [-0.25, -0.2) is 17.9 Å². The Labute approximate surface area is 172 Å². The molecule has 0 aliphatic carbocycles. The summed E-state index contributed by atoms with van der Waals surface area (Å²) in [6, 6.07) is 12.4. The van der Waals surface area contributed by atoms with Crippen molar-refractivity contribution in [3.8, 4) is 11.3 Å². The molecule has 7 nitrogen and oxygen atoms in total. The summed E-state index contributed by atoms with van der Waals surface area (Å²) in [6.45, 7) is 1.82. The van der Waals surface area contributed by atoms with Gasteiger partial charge in [0.15, 0.2) is 5.65 Å². The Bertz CT molecular complexity index is 1280. The molecule has 0 aliphatic heterocycles. The second kappa shape index (κ2) is 7.76. The minimum atomic E-state index is -3.39. The summed E-state index contributed by atoms with van der Waals surface area (Å²) in [5, 5.41) is 6.21. The van der Waals surface area contributed by atoms with E-state index in [0.717, 1.165) is 5.56 Å². The first kappa shape index (κ1) is 19.3. The van der Waals surface area contributed by atoms with Gasteiger partial charge in [-0.3, -0.25) is 9.52 Å². The molecule has 0 saturated carbocycles. The Hall–Kier alpha value is -3.04. The maximum absolute atomic E-state index is 12.7. The number of nitrogens with zero attached hydrogens (tertiary/aromatic N) is 3. The zero-order valence-electron chi connectivity index (χ0n) is 15.6. The Kier molecular flexibility index (Phi) is 5.16. The van der Waals surface area contributed by atoms with Gasteiger partial charge in [-0.05, 0) is 36.1 Å². The molecule has 0 fully saturated rings. The molecule has 9 heteroatoms. The number of fused-ring (bicyclic) bond motifs is 1. The number of nitrogens with one attached hydrogen (secondary N) is 1. The van der Waals surface area contributed by atoms with Crippen LogP contribution in [0.5, 0.6) is 0 Å². The number of rotatable bonds is 7. The number of aromatic nitrogens is 3. The van der Waals surface area contributed by atoms with E-state index in [9.17, 15) is 13.2 Å². The second-order valence-electron chi connectivity index (χ2n) is 6.43. The van der Waals surface area contributed by atoms with E-state index >= 15 is 0 Å². The highest BCUT2D eigenvalue weighted by Crippen LogP contribution is 2.25. The molecule has 29 heavy (non-hydrogen) atoms. The number of thiophene rings is 1. The molecule has 0 radical (unpaired) electrons. The molecular formula is C20H18N4O3S2. The monoisotopic (exact) mass is 426 g/mol. The van der Waals surface area contributed by atoms with Crippen molar-refractivity contribution in [1.82, 2.24) is 14.6 Å². The van der Waals surface area contributed by atoms with Gasteiger partial charge in [0.2, 0.25) is 15.8 Å². The zero-order valence-corrected chi connectivity index (χ0v) is 17.2. The number of anilines is 1. The van der Waals surface area contributed by atoms with Crippen LogP contribution >= 0.6 is 11.3 Å². The van der Waals surface area contributed by atoms with Crippen molar-refractivity contribution in [2.24, 2.45) is 0 Å². The van der Waals surface area contributed by atoms with E-state index in [1.54, 1.807) is 41.0 Å². The van der Waals surface area contributed by atoms with Crippen LogP contribution in [-0.4, -0.2) is 34.6 Å². The largest absolute Gasteiger partial charge is 0.287 e. The van der Waals surface area contributed by atoms with Crippen LogP contribution in [0, 0.1) is 0 Å². The number of carbonyl (C=O) groups excluding carboxylic acids is 1. The summed E-state index contributed by atoms with van der Waals surface area (Å²) in [4.78, 5) is 17.7. The SMILES string of the molecule is CCCS(=O)(=O)Nc1cccc(-c2ccnc3c(C(=O)c4cccs4)cnn23)c1. The molecule has 3 aromatic heterocycles. The predicted octanol–water partition coefficient (Wildman–Crippen LogP) is 3.84. The summed E-state index contributed by atoms with van der Waals surface area (Å²) in [5.74, 6) is -0.0647. The Balaban J connectivity index is 1.74. The van der Waals surface area contributed by atoms with Crippen molar-refractivity contribution in [3.63, 3.8) is 0 Å². The van der Waals surface area contributed by atoms with Gasteiger partial charge in [0.1, 0.15) is 0 Å². The summed E-state index contributed by atoms with van der Waals surface area (Å²) in [7, 11) is -3.39. The van der Waals surface area contributed by atoms with Gasteiger partial charge in [-0.15, -0.1) is 11.3 Å². The third-order valence-corrected chi connectivity index (χ3v) is 6.66. The first-order chi connectivity index (χ1) is 14.0. The van der Waals surface area contributed by atoms with E-state index in [0.29, 0.717) is 33.9 Å². The topological polar surface area (TPSA) is 93.4 Å². The van der Waals surface area contributed by atoms with Gasteiger partial charge in [-0.1, -0.05) is 25.1 Å². The Morgan fingerprint density at radius 2 is 2.07 bits per heavy atom. The average molecular weight is 427 g/mol. The zero-order chi connectivity index (χ0) is 20.4. The molecule has 0 spiro atoms. The highest BCUT2D eigenvalue weighted by atomic mass is 32.2. The lowest BCUT2D eigenvalue weighted by atomic mass is 10.1. The number of hydrogen-bond donors (Lipinski definition) is 1. The van der Waals surface area contributed by atoms with Crippen LogP contribution in [0.3, 0.4) is 0 Å². The molecular weight excluding hydrogens is 408 g/mol. The molecule has 4 rings (SSSR count). The van der Waals surface area contributed by atoms with Crippen molar-refractivity contribution in [2.75, 3.05) is 10.5 Å². The van der Waals surface area contributed by atoms with Crippen molar-refractivity contribution >= 4 is 38.5 Å². The fourth-order valence-electron chi connectivity index (χ4n) is 3.05. The third-order valence-electron chi connectivity index (χ3n) is 4.30. The van der Waals surface area contributed by atoms with Crippen LogP contribution in [-0.2, 0) is 10.0 Å². The van der Waals surface area contributed by atoms with E-state index in [1.165, 1.54) is 17.5 Å². The maximum Gasteiger partial charge on any atom is 0.232 e. The van der Waals surface area contributed by atoms with Crippen molar-refractivity contribution in [2.45, 2.75) is 13.3 Å². The smallest absolute Gasteiger partial charge is 0.232 e. The van der Waals surface area contributed by atoms with Crippen LogP contribution in [0.15, 0.2) is 60.2 Å². The van der Waals surface area contributed by atoms with Gasteiger partial charge in [-0.2, -0.15) is 5.10 Å². The van der Waals surface area contributed by atoms with Crippen molar-refractivity contribution in [3.05, 3.63) is 70.7 Å². The molecule has 0 saturated heterocycles. The molecule has 4 aromatic rings. The van der Waals surface area contributed by atoms with Crippen LogP contribution in [0.2, 0.25) is 0 Å². The van der Waals surface area contributed by atoms with E-state index < -0.39 is 10.0 Å². The Morgan fingerprint density at radius 3 is 2.83 bits per heavy atom. The minimum absolute atomic E-state index is 0.0596. The molecule has 148 valence electrons. The van der Waals surface area contributed by atoms with Crippen molar-refractivity contribution < 1.29 is 13.2 Å². The highest BCUT2D eigenvalue weighted by molar-refractivity contribution is 7.92. The minimum Gasteiger partial charge on any atom is -0.287 e. The molecule has 1 N–H and O–H groups in total.